The Morgan fingerprint density at radius 1 is 1.33 bits per heavy atom. The molecule has 21 heavy (non-hydrogen) atoms. The number of para-hydroxylation sites is 1. The number of esters is 1. The SMILES string of the molecule is CCOC(=O)c1nc(COc2ccccc2C(N)=O)no1. The summed E-state index contributed by atoms with van der Waals surface area (Å²) in [6.07, 6.45) is 0. The van der Waals surface area contributed by atoms with Gasteiger partial charge in [0.2, 0.25) is 5.82 Å². The van der Waals surface area contributed by atoms with E-state index in [2.05, 4.69) is 10.1 Å². The van der Waals surface area contributed by atoms with Gasteiger partial charge in [-0.2, -0.15) is 4.98 Å². The van der Waals surface area contributed by atoms with Gasteiger partial charge in [-0.15, -0.1) is 0 Å². The lowest BCUT2D eigenvalue weighted by Crippen LogP contribution is -2.13. The molecule has 2 rings (SSSR count). The molecule has 0 aliphatic heterocycles. The molecular formula is C13H13N3O5. The molecule has 0 spiro atoms. The summed E-state index contributed by atoms with van der Waals surface area (Å²) in [6, 6.07) is 6.49. The minimum atomic E-state index is -0.700. The van der Waals surface area contributed by atoms with Crippen molar-refractivity contribution in [1.82, 2.24) is 10.1 Å². The summed E-state index contributed by atoms with van der Waals surface area (Å²) in [7, 11) is 0. The van der Waals surface area contributed by atoms with Gasteiger partial charge in [-0.05, 0) is 19.1 Å². The van der Waals surface area contributed by atoms with Gasteiger partial charge >= 0.3 is 11.9 Å². The van der Waals surface area contributed by atoms with Crippen LogP contribution < -0.4 is 10.5 Å². The zero-order valence-electron chi connectivity index (χ0n) is 11.2. The molecule has 0 atom stereocenters. The summed E-state index contributed by atoms with van der Waals surface area (Å²) in [5, 5.41) is 3.58. The molecule has 0 unspecified atom stereocenters. The molecule has 0 radical (unpaired) electrons. The minimum Gasteiger partial charge on any atom is -0.485 e. The van der Waals surface area contributed by atoms with Gasteiger partial charge in [-0.3, -0.25) is 4.79 Å². The van der Waals surface area contributed by atoms with E-state index >= 15 is 0 Å². The fraction of sp³-hybridized carbons (Fsp3) is 0.231. The number of hydrogen-bond acceptors (Lipinski definition) is 7. The van der Waals surface area contributed by atoms with E-state index in [1.807, 2.05) is 0 Å². The summed E-state index contributed by atoms with van der Waals surface area (Å²) in [5.41, 5.74) is 5.47. The molecule has 2 aromatic rings. The quantitative estimate of drug-likeness (QED) is 0.786. The van der Waals surface area contributed by atoms with Crippen LogP contribution in [0.5, 0.6) is 5.75 Å². The standard InChI is InChI=1S/C13H13N3O5/c1-2-19-13(18)12-15-10(16-21-12)7-20-9-6-4-3-5-8(9)11(14)17/h3-6H,2,7H2,1H3,(H2,14,17). The second-order valence-corrected chi connectivity index (χ2v) is 3.89. The molecule has 0 aliphatic rings. The van der Waals surface area contributed by atoms with Crippen molar-refractivity contribution in [2.75, 3.05) is 6.61 Å². The van der Waals surface area contributed by atoms with Gasteiger partial charge in [0.1, 0.15) is 5.75 Å². The molecule has 0 saturated heterocycles. The number of ether oxygens (including phenoxy) is 2. The van der Waals surface area contributed by atoms with E-state index in [0.717, 1.165) is 0 Å². The number of carbonyl (C=O) groups is 2. The molecule has 0 aliphatic carbocycles. The summed E-state index contributed by atoms with van der Waals surface area (Å²) in [6.45, 7) is 1.80. The molecule has 2 N–H and O–H groups in total. The second-order valence-electron chi connectivity index (χ2n) is 3.89. The zero-order chi connectivity index (χ0) is 15.2. The summed E-state index contributed by atoms with van der Waals surface area (Å²) >= 11 is 0. The Kier molecular flexibility index (Phi) is 4.50. The third kappa shape index (κ3) is 3.56. The molecule has 1 amide bonds. The van der Waals surface area contributed by atoms with Gasteiger partial charge < -0.3 is 19.7 Å². The first kappa shape index (κ1) is 14.5. The van der Waals surface area contributed by atoms with Gasteiger partial charge in [0.25, 0.3) is 5.91 Å². The van der Waals surface area contributed by atoms with E-state index in [0.29, 0.717) is 5.75 Å². The smallest absolute Gasteiger partial charge is 0.397 e. The maximum atomic E-state index is 11.4. The first-order valence-electron chi connectivity index (χ1n) is 6.13. The molecule has 8 nitrogen and oxygen atoms in total. The van der Waals surface area contributed by atoms with Crippen molar-refractivity contribution in [3.05, 3.63) is 41.5 Å². The van der Waals surface area contributed by atoms with Crippen LogP contribution in [0.3, 0.4) is 0 Å². The third-order valence-corrected chi connectivity index (χ3v) is 2.43. The van der Waals surface area contributed by atoms with Crippen molar-refractivity contribution in [2.24, 2.45) is 5.73 Å². The van der Waals surface area contributed by atoms with Crippen molar-refractivity contribution >= 4 is 11.9 Å². The lowest BCUT2D eigenvalue weighted by atomic mass is 10.2. The van der Waals surface area contributed by atoms with Crippen LogP contribution >= 0.6 is 0 Å². The van der Waals surface area contributed by atoms with Crippen molar-refractivity contribution in [1.29, 1.82) is 0 Å². The average molecular weight is 291 g/mol. The largest absolute Gasteiger partial charge is 0.485 e. The summed E-state index contributed by atoms with van der Waals surface area (Å²) in [4.78, 5) is 26.4. The highest BCUT2D eigenvalue weighted by molar-refractivity contribution is 5.95. The number of aromatic nitrogens is 2. The topological polar surface area (TPSA) is 118 Å². The van der Waals surface area contributed by atoms with Crippen molar-refractivity contribution in [3.63, 3.8) is 0 Å². The van der Waals surface area contributed by atoms with E-state index in [1.54, 1.807) is 25.1 Å². The normalized spacial score (nSPS) is 10.1. The van der Waals surface area contributed by atoms with Crippen LogP contribution in [0.2, 0.25) is 0 Å². The fourth-order valence-electron chi connectivity index (χ4n) is 1.53. The lowest BCUT2D eigenvalue weighted by Gasteiger charge is -2.06. The van der Waals surface area contributed by atoms with Gasteiger partial charge in [-0.25, -0.2) is 4.79 Å². The minimum absolute atomic E-state index is 0.0762. The number of primary amides is 1. The molecule has 1 aromatic carbocycles. The summed E-state index contributed by atoms with van der Waals surface area (Å²) < 4.78 is 14.9. The third-order valence-electron chi connectivity index (χ3n) is 2.43. The highest BCUT2D eigenvalue weighted by Gasteiger charge is 2.17. The molecule has 0 bridgehead atoms. The molecular weight excluding hydrogens is 278 g/mol. The Balaban J connectivity index is 2.04. The molecule has 1 aromatic heterocycles. The van der Waals surface area contributed by atoms with Crippen LogP contribution in [0.25, 0.3) is 0 Å². The van der Waals surface area contributed by atoms with Gasteiger partial charge in [-0.1, -0.05) is 17.3 Å². The first-order valence-corrected chi connectivity index (χ1v) is 6.13. The van der Waals surface area contributed by atoms with Crippen LogP contribution in [-0.4, -0.2) is 28.6 Å². The van der Waals surface area contributed by atoms with Crippen LogP contribution in [0.4, 0.5) is 0 Å². The van der Waals surface area contributed by atoms with Gasteiger partial charge in [0.15, 0.2) is 6.61 Å². The highest BCUT2D eigenvalue weighted by Crippen LogP contribution is 2.18. The number of rotatable bonds is 6. The predicted octanol–water partition coefficient (Wildman–Crippen LogP) is 0.924. The average Bonchev–Trinajstić information content (AvgIpc) is 2.94. The Hall–Kier alpha value is -2.90. The number of amides is 1. The lowest BCUT2D eigenvalue weighted by molar-refractivity contribution is 0.0470. The van der Waals surface area contributed by atoms with E-state index < -0.39 is 11.9 Å². The van der Waals surface area contributed by atoms with E-state index in [4.69, 9.17) is 19.7 Å². The van der Waals surface area contributed by atoms with Crippen LogP contribution in [0, 0.1) is 0 Å². The molecule has 1 heterocycles. The number of nitrogens with zero attached hydrogens (tertiary/aromatic N) is 2. The number of carbonyl (C=O) groups excluding carboxylic acids is 2. The predicted molar refractivity (Wildman–Crippen MR) is 69.5 cm³/mol. The molecule has 110 valence electrons. The zero-order valence-corrected chi connectivity index (χ0v) is 11.2. The number of benzene rings is 1. The molecule has 0 fully saturated rings. The Labute approximate surface area is 119 Å². The van der Waals surface area contributed by atoms with Gasteiger partial charge in [0.05, 0.1) is 12.2 Å². The Morgan fingerprint density at radius 2 is 2.10 bits per heavy atom. The maximum Gasteiger partial charge on any atom is 0.397 e. The monoisotopic (exact) mass is 291 g/mol. The molecule has 0 saturated carbocycles. The fourth-order valence-corrected chi connectivity index (χ4v) is 1.53. The molecule has 8 heteroatoms. The van der Waals surface area contributed by atoms with Crippen molar-refractivity contribution in [3.8, 4) is 5.75 Å². The van der Waals surface area contributed by atoms with Gasteiger partial charge in [0, 0.05) is 0 Å². The number of nitrogens with two attached hydrogens (primary N) is 1. The second kappa shape index (κ2) is 6.51. The van der Waals surface area contributed by atoms with Crippen LogP contribution in [0.15, 0.2) is 28.8 Å². The Bertz CT molecular complexity index is 653. The van der Waals surface area contributed by atoms with E-state index in [9.17, 15) is 9.59 Å². The van der Waals surface area contributed by atoms with E-state index in [1.165, 1.54) is 6.07 Å². The number of hydrogen-bond donors (Lipinski definition) is 1. The Morgan fingerprint density at radius 3 is 2.81 bits per heavy atom. The van der Waals surface area contributed by atoms with Crippen molar-refractivity contribution in [2.45, 2.75) is 13.5 Å². The van der Waals surface area contributed by atoms with Crippen LogP contribution in [-0.2, 0) is 11.3 Å². The van der Waals surface area contributed by atoms with E-state index in [-0.39, 0.29) is 30.5 Å². The van der Waals surface area contributed by atoms with Crippen molar-refractivity contribution < 1.29 is 23.6 Å². The highest BCUT2D eigenvalue weighted by atomic mass is 16.6. The first-order chi connectivity index (χ1) is 10.1. The summed E-state index contributed by atoms with van der Waals surface area (Å²) in [5.74, 6) is -1.11. The van der Waals surface area contributed by atoms with Crippen LogP contribution in [0.1, 0.15) is 33.8 Å². The maximum absolute atomic E-state index is 11.4.